The molecule has 0 unspecified atom stereocenters. The van der Waals surface area contributed by atoms with Crippen LogP contribution in [0.4, 0.5) is 4.39 Å². The Balaban J connectivity index is 1.52. The Hall–Kier alpha value is -3.83. The molecule has 0 aliphatic carbocycles. The van der Waals surface area contributed by atoms with Crippen LogP contribution in [-0.2, 0) is 26.8 Å². The summed E-state index contributed by atoms with van der Waals surface area (Å²) in [7, 11) is -4.15. The predicted molar refractivity (Wildman–Crippen MR) is 138 cm³/mol. The van der Waals surface area contributed by atoms with E-state index in [0.29, 0.717) is 16.6 Å². The van der Waals surface area contributed by atoms with E-state index in [1.165, 1.54) is 12.1 Å². The number of rotatable bonds is 9. The smallest absolute Gasteiger partial charge is 0.403 e. The summed E-state index contributed by atoms with van der Waals surface area (Å²) in [5.41, 5.74) is 3.52. The Morgan fingerprint density at radius 2 is 1.25 bits per heavy atom. The van der Waals surface area contributed by atoms with Crippen molar-refractivity contribution in [2.75, 3.05) is 0 Å². The van der Waals surface area contributed by atoms with E-state index in [0.717, 1.165) is 16.7 Å². The van der Waals surface area contributed by atoms with E-state index in [2.05, 4.69) is 4.98 Å². The van der Waals surface area contributed by atoms with Gasteiger partial charge in [-0.1, -0.05) is 91.0 Å². The highest BCUT2D eigenvalue weighted by molar-refractivity contribution is 7.48. The fraction of sp³-hybridized carbons (Fsp3) is 0.0690. The number of pyridine rings is 1. The number of fused-ring (bicyclic) bond motifs is 1. The number of phosphoric ester groups is 1. The lowest BCUT2D eigenvalue weighted by Crippen LogP contribution is -2.04. The van der Waals surface area contributed by atoms with Gasteiger partial charge in [-0.3, -0.25) is 9.05 Å². The van der Waals surface area contributed by atoms with Gasteiger partial charge in [-0.05, 0) is 29.3 Å². The van der Waals surface area contributed by atoms with E-state index in [4.69, 9.17) is 13.6 Å². The maximum Gasteiger partial charge on any atom is 0.530 e. The normalized spacial score (nSPS) is 11.5. The molecule has 0 N–H and O–H groups in total. The van der Waals surface area contributed by atoms with Crippen molar-refractivity contribution in [3.8, 4) is 17.0 Å². The van der Waals surface area contributed by atoms with Gasteiger partial charge in [0.25, 0.3) is 0 Å². The first-order chi connectivity index (χ1) is 17.6. The fourth-order valence-electron chi connectivity index (χ4n) is 3.67. The standard InChI is InChI=1S/C29H23FNO4P/c30-25-16-17-27-26(18-25)29(19-28(31-27)24-14-8-3-9-15-24)35-36(32,33-20-22-10-4-1-5-11-22)34-21-23-12-6-2-7-13-23/h1-19H,20-21H2. The Bertz CT molecular complexity index is 1450. The van der Waals surface area contributed by atoms with Gasteiger partial charge in [-0.2, -0.15) is 0 Å². The lowest BCUT2D eigenvalue weighted by Gasteiger charge is -2.20. The molecule has 0 bridgehead atoms. The zero-order valence-electron chi connectivity index (χ0n) is 19.3. The molecule has 0 aliphatic rings. The second-order valence-electron chi connectivity index (χ2n) is 8.09. The monoisotopic (exact) mass is 499 g/mol. The minimum atomic E-state index is -4.15. The molecule has 5 rings (SSSR count). The van der Waals surface area contributed by atoms with Gasteiger partial charge in [-0.15, -0.1) is 0 Å². The third kappa shape index (κ3) is 5.86. The molecule has 0 atom stereocenters. The molecule has 0 spiro atoms. The van der Waals surface area contributed by atoms with Crippen LogP contribution in [0.3, 0.4) is 0 Å². The van der Waals surface area contributed by atoms with E-state index < -0.39 is 13.6 Å². The summed E-state index contributed by atoms with van der Waals surface area (Å²) < 4.78 is 45.6. The average Bonchev–Trinajstić information content (AvgIpc) is 2.93. The van der Waals surface area contributed by atoms with Crippen LogP contribution in [0.15, 0.2) is 115 Å². The molecule has 5 aromatic rings. The number of hydrogen-bond acceptors (Lipinski definition) is 5. The van der Waals surface area contributed by atoms with Crippen molar-refractivity contribution in [1.29, 1.82) is 0 Å². The second-order valence-corrected chi connectivity index (χ2v) is 9.68. The van der Waals surface area contributed by atoms with Gasteiger partial charge in [0.05, 0.1) is 24.4 Å². The number of halogens is 1. The van der Waals surface area contributed by atoms with Crippen LogP contribution in [0.5, 0.6) is 5.75 Å². The third-order valence-corrected chi connectivity index (χ3v) is 6.79. The van der Waals surface area contributed by atoms with Crippen molar-refractivity contribution >= 4 is 18.7 Å². The van der Waals surface area contributed by atoms with Crippen molar-refractivity contribution in [2.45, 2.75) is 13.2 Å². The van der Waals surface area contributed by atoms with Gasteiger partial charge in [0.15, 0.2) is 0 Å². The molecule has 1 aromatic heterocycles. The van der Waals surface area contributed by atoms with E-state index in [1.54, 1.807) is 12.1 Å². The van der Waals surface area contributed by atoms with Crippen molar-refractivity contribution in [3.63, 3.8) is 0 Å². The molecule has 7 heteroatoms. The summed E-state index contributed by atoms with van der Waals surface area (Å²) in [6, 6.07) is 33.9. The number of hydrogen-bond donors (Lipinski definition) is 0. The quantitative estimate of drug-likeness (QED) is 0.193. The number of nitrogens with zero attached hydrogens (tertiary/aromatic N) is 1. The van der Waals surface area contributed by atoms with Crippen LogP contribution < -0.4 is 4.52 Å². The number of aromatic nitrogens is 1. The summed E-state index contributed by atoms with van der Waals surface area (Å²) in [5, 5.41) is 0.363. The van der Waals surface area contributed by atoms with E-state index in [9.17, 15) is 8.96 Å². The second kappa shape index (κ2) is 10.8. The molecule has 36 heavy (non-hydrogen) atoms. The SMILES string of the molecule is O=P(OCc1ccccc1)(OCc1ccccc1)Oc1cc(-c2ccccc2)nc2ccc(F)cc12. The van der Waals surface area contributed by atoms with E-state index in [1.807, 2.05) is 91.0 Å². The first kappa shape index (κ1) is 23.9. The minimum Gasteiger partial charge on any atom is -0.403 e. The summed E-state index contributed by atoms with van der Waals surface area (Å²) in [6.45, 7) is 0.0195. The van der Waals surface area contributed by atoms with Crippen molar-refractivity contribution in [1.82, 2.24) is 4.98 Å². The first-order valence-electron chi connectivity index (χ1n) is 11.4. The molecule has 0 saturated heterocycles. The Kier molecular flexibility index (Phi) is 7.19. The Morgan fingerprint density at radius 1 is 0.694 bits per heavy atom. The topological polar surface area (TPSA) is 57.7 Å². The molecule has 180 valence electrons. The van der Waals surface area contributed by atoms with Gasteiger partial charge in [0, 0.05) is 17.0 Å². The maximum atomic E-state index is 14.2. The molecule has 0 radical (unpaired) electrons. The summed E-state index contributed by atoms with van der Waals surface area (Å²) in [4.78, 5) is 4.65. The molecule has 0 amide bonds. The lowest BCUT2D eigenvalue weighted by atomic mass is 10.1. The Labute approximate surface area is 208 Å². The summed E-state index contributed by atoms with van der Waals surface area (Å²) in [6.07, 6.45) is 0. The van der Waals surface area contributed by atoms with Crippen LogP contribution in [0, 0.1) is 5.82 Å². The van der Waals surface area contributed by atoms with Gasteiger partial charge < -0.3 is 4.52 Å². The van der Waals surface area contributed by atoms with E-state index >= 15 is 0 Å². The van der Waals surface area contributed by atoms with Crippen LogP contribution in [0.2, 0.25) is 0 Å². The minimum absolute atomic E-state index is 0.00975. The maximum absolute atomic E-state index is 14.2. The highest BCUT2D eigenvalue weighted by Crippen LogP contribution is 2.52. The summed E-state index contributed by atoms with van der Waals surface area (Å²) >= 11 is 0. The summed E-state index contributed by atoms with van der Waals surface area (Å²) in [5.74, 6) is -0.310. The predicted octanol–water partition coefficient (Wildman–Crippen LogP) is 7.96. The lowest BCUT2D eigenvalue weighted by molar-refractivity contribution is 0.143. The molecular formula is C29H23FNO4P. The van der Waals surface area contributed by atoms with E-state index in [-0.39, 0.29) is 19.0 Å². The largest absolute Gasteiger partial charge is 0.530 e. The highest BCUT2D eigenvalue weighted by Gasteiger charge is 2.30. The van der Waals surface area contributed by atoms with Crippen LogP contribution in [0.25, 0.3) is 22.2 Å². The van der Waals surface area contributed by atoms with Gasteiger partial charge in [-0.25, -0.2) is 13.9 Å². The van der Waals surface area contributed by atoms with Gasteiger partial charge in [0.1, 0.15) is 11.6 Å². The Morgan fingerprint density at radius 3 is 1.83 bits per heavy atom. The van der Waals surface area contributed by atoms with Crippen molar-refractivity contribution in [3.05, 3.63) is 132 Å². The molecule has 0 saturated carbocycles. The van der Waals surface area contributed by atoms with Crippen molar-refractivity contribution < 1.29 is 22.5 Å². The van der Waals surface area contributed by atoms with Crippen LogP contribution in [-0.4, -0.2) is 4.98 Å². The average molecular weight is 499 g/mol. The molecule has 1 heterocycles. The first-order valence-corrected chi connectivity index (χ1v) is 12.9. The number of phosphoric acid groups is 1. The van der Waals surface area contributed by atoms with Crippen molar-refractivity contribution in [2.24, 2.45) is 0 Å². The zero-order valence-corrected chi connectivity index (χ0v) is 20.2. The number of benzene rings is 4. The van der Waals surface area contributed by atoms with Gasteiger partial charge in [0.2, 0.25) is 0 Å². The molecule has 4 aromatic carbocycles. The molecule has 0 fully saturated rings. The molecule has 0 aliphatic heterocycles. The fourth-order valence-corrected chi connectivity index (χ4v) is 4.85. The highest BCUT2D eigenvalue weighted by atomic mass is 31.2. The molecular weight excluding hydrogens is 476 g/mol. The van der Waals surface area contributed by atoms with Crippen LogP contribution in [0.1, 0.15) is 11.1 Å². The van der Waals surface area contributed by atoms with Gasteiger partial charge >= 0.3 is 7.82 Å². The third-order valence-electron chi connectivity index (χ3n) is 5.48. The van der Waals surface area contributed by atoms with Crippen LogP contribution >= 0.6 is 7.82 Å². The molecule has 5 nitrogen and oxygen atoms in total. The zero-order chi connectivity index (χ0) is 24.8.